The molecular formula is C11H8BrF2NS. The summed E-state index contributed by atoms with van der Waals surface area (Å²) in [6.07, 6.45) is 0. The first-order chi connectivity index (χ1) is 7.56. The fourth-order valence-electron chi connectivity index (χ4n) is 1.41. The van der Waals surface area contributed by atoms with Gasteiger partial charge in [-0.15, -0.1) is 11.3 Å². The minimum Gasteiger partial charge on any atom is -0.320 e. The number of benzene rings is 1. The lowest BCUT2D eigenvalue weighted by molar-refractivity contribution is 0.577. The first-order valence-electron chi connectivity index (χ1n) is 4.52. The molecule has 0 amide bonds. The van der Waals surface area contributed by atoms with Gasteiger partial charge in [-0.05, 0) is 39.7 Å². The highest BCUT2D eigenvalue weighted by atomic mass is 79.9. The summed E-state index contributed by atoms with van der Waals surface area (Å²) in [7, 11) is 0. The monoisotopic (exact) mass is 303 g/mol. The molecule has 0 radical (unpaired) electrons. The molecule has 0 aliphatic rings. The van der Waals surface area contributed by atoms with E-state index in [4.69, 9.17) is 5.73 Å². The summed E-state index contributed by atoms with van der Waals surface area (Å²) < 4.78 is 26.9. The van der Waals surface area contributed by atoms with Crippen molar-refractivity contribution in [2.45, 2.75) is 6.04 Å². The third-order valence-electron chi connectivity index (χ3n) is 2.14. The van der Waals surface area contributed by atoms with Crippen LogP contribution in [-0.4, -0.2) is 0 Å². The maximum Gasteiger partial charge on any atom is 0.126 e. The number of rotatable bonds is 2. The van der Waals surface area contributed by atoms with Crippen LogP contribution in [-0.2, 0) is 0 Å². The predicted octanol–water partition coefficient (Wildman–Crippen LogP) is 3.84. The molecule has 5 heteroatoms. The zero-order valence-electron chi connectivity index (χ0n) is 8.08. The van der Waals surface area contributed by atoms with Crippen LogP contribution in [0.2, 0.25) is 0 Å². The van der Waals surface area contributed by atoms with Crippen LogP contribution in [0, 0.1) is 11.6 Å². The van der Waals surface area contributed by atoms with E-state index in [1.165, 1.54) is 23.5 Å². The van der Waals surface area contributed by atoms with Crippen LogP contribution in [0.5, 0.6) is 0 Å². The zero-order valence-corrected chi connectivity index (χ0v) is 10.5. The Balaban J connectivity index is 2.37. The molecule has 1 aromatic carbocycles. The van der Waals surface area contributed by atoms with Gasteiger partial charge in [0.15, 0.2) is 0 Å². The number of hydrogen-bond donors (Lipinski definition) is 1. The van der Waals surface area contributed by atoms with Crippen LogP contribution >= 0.6 is 27.3 Å². The molecule has 0 saturated heterocycles. The second-order valence-corrected chi connectivity index (χ2v) is 5.21. The molecule has 1 unspecified atom stereocenters. The highest BCUT2D eigenvalue weighted by Crippen LogP contribution is 2.28. The van der Waals surface area contributed by atoms with Crippen molar-refractivity contribution >= 4 is 27.3 Å². The summed E-state index contributed by atoms with van der Waals surface area (Å²) in [4.78, 5) is 0.858. The van der Waals surface area contributed by atoms with Gasteiger partial charge in [-0.25, -0.2) is 8.78 Å². The molecule has 0 aliphatic heterocycles. The number of thiophene rings is 1. The molecule has 1 atom stereocenters. The minimum atomic E-state index is -0.610. The molecule has 0 aliphatic carbocycles. The van der Waals surface area contributed by atoms with Crippen molar-refractivity contribution in [3.05, 3.63) is 56.2 Å². The molecule has 0 bridgehead atoms. The average Bonchev–Trinajstić information content (AvgIpc) is 2.62. The standard InChI is InChI=1S/C11H8BrF2NS/c12-7-3-10(16-5-7)11(15)6-1-8(13)4-9(14)2-6/h1-5,11H,15H2. The Morgan fingerprint density at radius 1 is 1.12 bits per heavy atom. The molecular weight excluding hydrogens is 296 g/mol. The fraction of sp³-hybridized carbons (Fsp3) is 0.0909. The Morgan fingerprint density at radius 3 is 2.25 bits per heavy atom. The van der Waals surface area contributed by atoms with Crippen molar-refractivity contribution in [2.24, 2.45) is 5.73 Å². The van der Waals surface area contributed by atoms with E-state index < -0.39 is 17.7 Å². The minimum absolute atomic E-state index is 0.437. The molecule has 0 fully saturated rings. The van der Waals surface area contributed by atoms with Gasteiger partial charge in [0, 0.05) is 20.8 Å². The van der Waals surface area contributed by atoms with Crippen LogP contribution in [0.3, 0.4) is 0 Å². The molecule has 0 saturated carbocycles. The molecule has 2 rings (SSSR count). The van der Waals surface area contributed by atoms with Crippen LogP contribution in [0.4, 0.5) is 8.78 Å². The molecule has 1 heterocycles. The van der Waals surface area contributed by atoms with E-state index in [0.717, 1.165) is 15.4 Å². The maximum atomic E-state index is 13.0. The molecule has 1 nitrogen and oxygen atoms in total. The Bertz CT molecular complexity index is 492. The molecule has 84 valence electrons. The van der Waals surface area contributed by atoms with Gasteiger partial charge in [0.2, 0.25) is 0 Å². The van der Waals surface area contributed by atoms with E-state index in [1.807, 2.05) is 11.4 Å². The first-order valence-corrected chi connectivity index (χ1v) is 6.19. The second-order valence-electron chi connectivity index (χ2n) is 3.35. The van der Waals surface area contributed by atoms with E-state index >= 15 is 0 Å². The Hall–Kier alpha value is -0.780. The van der Waals surface area contributed by atoms with Crippen molar-refractivity contribution in [1.82, 2.24) is 0 Å². The quantitative estimate of drug-likeness (QED) is 0.896. The van der Waals surface area contributed by atoms with E-state index in [0.29, 0.717) is 5.56 Å². The van der Waals surface area contributed by atoms with Crippen LogP contribution in [0.15, 0.2) is 34.1 Å². The topological polar surface area (TPSA) is 26.0 Å². The number of halogens is 3. The van der Waals surface area contributed by atoms with Gasteiger partial charge in [-0.1, -0.05) is 0 Å². The summed E-state index contributed by atoms with van der Waals surface area (Å²) >= 11 is 4.76. The van der Waals surface area contributed by atoms with E-state index in [1.54, 1.807) is 0 Å². The van der Waals surface area contributed by atoms with Crippen LogP contribution in [0.1, 0.15) is 16.5 Å². The molecule has 1 aromatic heterocycles. The van der Waals surface area contributed by atoms with E-state index in [9.17, 15) is 8.78 Å². The van der Waals surface area contributed by atoms with Gasteiger partial charge in [0.25, 0.3) is 0 Å². The van der Waals surface area contributed by atoms with Crippen LogP contribution < -0.4 is 5.73 Å². The van der Waals surface area contributed by atoms with Crippen molar-refractivity contribution in [2.75, 3.05) is 0 Å². The molecule has 2 N–H and O–H groups in total. The van der Waals surface area contributed by atoms with Gasteiger partial charge in [-0.3, -0.25) is 0 Å². The maximum absolute atomic E-state index is 13.0. The Kier molecular flexibility index (Phi) is 3.37. The highest BCUT2D eigenvalue weighted by molar-refractivity contribution is 9.10. The lowest BCUT2D eigenvalue weighted by atomic mass is 10.1. The Labute approximate surface area is 104 Å². The molecule has 16 heavy (non-hydrogen) atoms. The van der Waals surface area contributed by atoms with Gasteiger partial charge in [-0.2, -0.15) is 0 Å². The molecule has 2 aromatic rings. The SMILES string of the molecule is NC(c1cc(F)cc(F)c1)c1cc(Br)cs1. The lowest BCUT2D eigenvalue weighted by Crippen LogP contribution is -2.10. The van der Waals surface area contributed by atoms with Crippen molar-refractivity contribution < 1.29 is 8.78 Å². The number of nitrogens with two attached hydrogens (primary N) is 1. The summed E-state index contributed by atoms with van der Waals surface area (Å²) in [5, 5.41) is 1.88. The van der Waals surface area contributed by atoms with E-state index in [-0.39, 0.29) is 0 Å². The third kappa shape index (κ3) is 2.48. The lowest BCUT2D eigenvalue weighted by Gasteiger charge is -2.10. The van der Waals surface area contributed by atoms with Crippen molar-refractivity contribution in [1.29, 1.82) is 0 Å². The zero-order chi connectivity index (χ0) is 11.7. The molecule has 0 spiro atoms. The normalized spacial score (nSPS) is 12.8. The highest BCUT2D eigenvalue weighted by Gasteiger charge is 2.13. The first kappa shape index (κ1) is 11.7. The Morgan fingerprint density at radius 2 is 1.75 bits per heavy atom. The average molecular weight is 304 g/mol. The summed E-state index contributed by atoms with van der Waals surface area (Å²) in [5.74, 6) is -1.22. The third-order valence-corrected chi connectivity index (χ3v) is 3.91. The van der Waals surface area contributed by atoms with Gasteiger partial charge in [0.1, 0.15) is 11.6 Å². The number of hydrogen-bond acceptors (Lipinski definition) is 2. The largest absolute Gasteiger partial charge is 0.320 e. The van der Waals surface area contributed by atoms with Gasteiger partial charge < -0.3 is 5.73 Å². The second kappa shape index (κ2) is 4.61. The van der Waals surface area contributed by atoms with Crippen molar-refractivity contribution in [3.8, 4) is 0 Å². The van der Waals surface area contributed by atoms with Crippen molar-refractivity contribution in [3.63, 3.8) is 0 Å². The summed E-state index contributed by atoms with van der Waals surface area (Å²) in [5.41, 5.74) is 6.36. The van der Waals surface area contributed by atoms with Gasteiger partial charge in [0.05, 0.1) is 6.04 Å². The fourth-order valence-corrected chi connectivity index (χ4v) is 2.88. The van der Waals surface area contributed by atoms with Crippen LogP contribution in [0.25, 0.3) is 0 Å². The summed E-state index contributed by atoms with van der Waals surface area (Å²) in [6, 6.07) is 4.68. The summed E-state index contributed by atoms with van der Waals surface area (Å²) in [6.45, 7) is 0. The smallest absolute Gasteiger partial charge is 0.126 e. The predicted molar refractivity (Wildman–Crippen MR) is 64.4 cm³/mol. The van der Waals surface area contributed by atoms with E-state index in [2.05, 4.69) is 15.9 Å². The van der Waals surface area contributed by atoms with Gasteiger partial charge >= 0.3 is 0 Å².